The first-order valence-corrected chi connectivity index (χ1v) is 13.7. The van der Waals surface area contributed by atoms with Crippen molar-refractivity contribution in [1.82, 2.24) is 9.71 Å². The highest BCUT2D eigenvalue weighted by atomic mass is 35.5. The Morgan fingerprint density at radius 1 is 1.08 bits per heavy atom. The molecule has 0 amide bonds. The molecule has 7 nitrogen and oxygen atoms in total. The highest BCUT2D eigenvalue weighted by Gasteiger charge is 2.64. The van der Waals surface area contributed by atoms with Crippen molar-refractivity contribution in [3.8, 4) is 16.2 Å². The van der Waals surface area contributed by atoms with Crippen molar-refractivity contribution in [2.24, 2.45) is 0 Å². The molecular formula is C26H21ClN2O5S2. The summed E-state index contributed by atoms with van der Waals surface area (Å²) < 4.78 is 34.9. The molecule has 0 unspecified atom stereocenters. The van der Waals surface area contributed by atoms with Crippen LogP contribution in [-0.4, -0.2) is 30.0 Å². The summed E-state index contributed by atoms with van der Waals surface area (Å²) >= 11 is 7.01. The minimum Gasteiger partial charge on any atom is -0.487 e. The molecular weight excluding hydrogens is 520 g/mol. The Balaban J connectivity index is 1.37. The first-order valence-electron chi connectivity index (χ1n) is 11.0. The Hall–Kier alpha value is -3.24. The standard InChI is InChI=1S/C26H21ClN2O5S2/c27-18-10-8-17(9-11-18)23-12-13-24(35-23)36(32,33)29-26(25(30)31)15-21(26)20-6-1-2-7-22(20)34-16-19-5-3-4-14-28-19/h1-14,21,29H,15-16H2,(H,30,31)/t21-,26+/m0/s1. The number of sulfonamides is 1. The molecule has 0 spiro atoms. The molecule has 0 radical (unpaired) electrons. The number of benzene rings is 2. The molecule has 0 saturated heterocycles. The number of carboxylic acid groups (broad SMARTS) is 1. The number of aromatic nitrogens is 1. The van der Waals surface area contributed by atoms with Crippen LogP contribution in [0, 0.1) is 0 Å². The van der Waals surface area contributed by atoms with Crippen molar-refractivity contribution in [1.29, 1.82) is 0 Å². The number of para-hydroxylation sites is 1. The van der Waals surface area contributed by atoms with Crippen LogP contribution < -0.4 is 9.46 Å². The molecule has 2 aromatic heterocycles. The predicted octanol–water partition coefficient (Wildman–Crippen LogP) is 5.33. The fraction of sp³-hybridized carbons (Fsp3) is 0.154. The van der Waals surface area contributed by atoms with Gasteiger partial charge in [-0.15, -0.1) is 11.3 Å². The van der Waals surface area contributed by atoms with Crippen molar-refractivity contribution >= 4 is 38.9 Å². The maximum atomic E-state index is 13.2. The molecule has 1 aliphatic carbocycles. The number of pyridine rings is 1. The van der Waals surface area contributed by atoms with Crippen molar-refractivity contribution in [3.05, 3.63) is 101 Å². The van der Waals surface area contributed by atoms with Gasteiger partial charge in [0, 0.05) is 22.0 Å². The zero-order chi connectivity index (χ0) is 25.3. The highest BCUT2D eigenvalue weighted by molar-refractivity contribution is 7.91. The Bertz CT molecular complexity index is 1510. The molecule has 1 saturated carbocycles. The van der Waals surface area contributed by atoms with E-state index in [0.717, 1.165) is 27.5 Å². The molecule has 4 aromatic rings. The van der Waals surface area contributed by atoms with E-state index in [-0.39, 0.29) is 17.2 Å². The summed E-state index contributed by atoms with van der Waals surface area (Å²) in [7, 11) is -4.09. The maximum Gasteiger partial charge on any atom is 0.325 e. The van der Waals surface area contributed by atoms with Crippen LogP contribution in [0.5, 0.6) is 5.75 Å². The SMILES string of the molecule is O=C(O)[C@@]1(NS(=O)(=O)c2ccc(-c3ccc(Cl)cc3)s2)C[C@H]1c1ccccc1OCc1ccccn1. The van der Waals surface area contributed by atoms with Gasteiger partial charge < -0.3 is 9.84 Å². The molecule has 5 rings (SSSR count). The Labute approximate surface area is 217 Å². The van der Waals surface area contributed by atoms with Gasteiger partial charge in [0.15, 0.2) is 0 Å². The Morgan fingerprint density at radius 3 is 2.56 bits per heavy atom. The Kier molecular flexibility index (Phi) is 6.57. The van der Waals surface area contributed by atoms with Crippen LogP contribution in [0.4, 0.5) is 0 Å². The van der Waals surface area contributed by atoms with Gasteiger partial charge >= 0.3 is 5.97 Å². The van der Waals surface area contributed by atoms with Gasteiger partial charge in [-0.3, -0.25) is 9.78 Å². The molecule has 0 aliphatic heterocycles. The average molecular weight is 541 g/mol. The lowest BCUT2D eigenvalue weighted by molar-refractivity contribution is -0.140. The van der Waals surface area contributed by atoms with Gasteiger partial charge in [-0.2, -0.15) is 4.72 Å². The third-order valence-corrected chi connectivity index (χ3v) is 9.42. The second-order valence-corrected chi connectivity index (χ2v) is 11.8. The molecule has 36 heavy (non-hydrogen) atoms. The minimum atomic E-state index is -4.09. The zero-order valence-corrected chi connectivity index (χ0v) is 21.2. The van der Waals surface area contributed by atoms with Crippen molar-refractivity contribution < 1.29 is 23.1 Å². The third-order valence-electron chi connectivity index (χ3n) is 6.03. The van der Waals surface area contributed by atoms with E-state index < -0.39 is 27.4 Å². The van der Waals surface area contributed by atoms with E-state index in [9.17, 15) is 18.3 Å². The van der Waals surface area contributed by atoms with E-state index in [4.69, 9.17) is 16.3 Å². The predicted molar refractivity (Wildman–Crippen MR) is 138 cm³/mol. The summed E-state index contributed by atoms with van der Waals surface area (Å²) in [6.07, 6.45) is 1.78. The van der Waals surface area contributed by atoms with Crippen LogP contribution in [0.2, 0.25) is 5.02 Å². The van der Waals surface area contributed by atoms with Gasteiger partial charge in [0.25, 0.3) is 10.0 Å². The number of ether oxygens (including phenoxy) is 1. The third kappa shape index (κ3) is 4.87. The van der Waals surface area contributed by atoms with Gasteiger partial charge in [-0.1, -0.05) is 48.0 Å². The number of nitrogens with zero attached hydrogens (tertiary/aromatic N) is 1. The van der Waals surface area contributed by atoms with Crippen LogP contribution in [0.3, 0.4) is 0 Å². The van der Waals surface area contributed by atoms with Crippen LogP contribution in [-0.2, 0) is 21.4 Å². The molecule has 2 aromatic carbocycles. The lowest BCUT2D eigenvalue weighted by Gasteiger charge is -2.16. The summed E-state index contributed by atoms with van der Waals surface area (Å²) in [6.45, 7) is 0.207. The average Bonchev–Trinajstić information content (AvgIpc) is 3.36. The fourth-order valence-corrected chi connectivity index (χ4v) is 6.93. The van der Waals surface area contributed by atoms with Gasteiger partial charge in [0.1, 0.15) is 22.1 Å². The number of hydrogen-bond acceptors (Lipinski definition) is 6. The van der Waals surface area contributed by atoms with Crippen LogP contribution in [0.25, 0.3) is 10.4 Å². The smallest absolute Gasteiger partial charge is 0.325 e. The molecule has 10 heteroatoms. The van der Waals surface area contributed by atoms with Gasteiger partial charge in [0.2, 0.25) is 0 Å². The van der Waals surface area contributed by atoms with Gasteiger partial charge in [-0.25, -0.2) is 8.42 Å². The minimum absolute atomic E-state index is 0.0402. The molecule has 184 valence electrons. The topological polar surface area (TPSA) is 106 Å². The summed E-state index contributed by atoms with van der Waals surface area (Å²) in [6, 6.07) is 22.8. The summed E-state index contributed by atoms with van der Waals surface area (Å²) in [5.74, 6) is -1.32. The molecule has 2 heterocycles. The van der Waals surface area contributed by atoms with E-state index in [2.05, 4.69) is 9.71 Å². The molecule has 2 N–H and O–H groups in total. The summed E-state index contributed by atoms with van der Waals surface area (Å²) in [5, 5.41) is 10.6. The normalized spacial score (nSPS) is 19.1. The largest absolute Gasteiger partial charge is 0.487 e. The summed E-state index contributed by atoms with van der Waals surface area (Å²) in [5.41, 5.74) is 0.518. The first-order chi connectivity index (χ1) is 17.3. The van der Waals surface area contributed by atoms with Crippen LogP contribution in [0.15, 0.2) is 89.3 Å². The quantitative estimate of drug-likeness (QED) is 0.297. The van der Waals surface area contributed by atoms with Crippen LogP contribution >= 0.6 is 22.9 Å². The van der Waals surface area contributed by atoms with E-state index in [1.54, 1.807) is 66.9 Å². The first kappa shape index (κ1) is 24.5. The number of nitrogens with one attached hydrogen (secondary N) is 1. The number of halogens is 1. The van der Waals surface area contributed by atoms with E-state index in [0.29, 0.717) is 16.3 Å². The monoisotopic (exact) mass is 540 g/mol. The molecule has 2 atom stereocenters. The van der Waals surface area contributed by atoms with Crippen LogP contribution in [0.1, 0.15) is 23.6 Å². The highest BCUT2D eigenvalue weighted by Crippen LogP contribution is 2.55. The van der Waals surface area contributed by atoms with E-state index in [1.807, 2.05) is 12.1 Å². The van der Waals surface area contributed by atoms with E-state index >= 15 is 0 Å². The second-order valence-electron chi connectivity index (χ2n) is 8.41. The lowest BCUT2D eigenvalue weighted by atomic mass is 10.1. The molecule has 0 bridgehead atoms. The van der Waals surface area contributed by atoms with Crippen molar-refractivity contribution in [3.63, 3.8) is 0 Å². The Morgan fingerprint density at radius 2 is 1.83 bits per heavy atom. The van der Waals surface area contributed by atoms with Crippen molar-refractivity contribution in [2.75, 3.05) is 0 Å². The number of hydrogen-bond donors (Lipinski definition) is 2. The number of rotatable bonds is 9. The fourth-order valence-electron chi connectivity index (χ4n) is 4.09. The second kappa shape index (κ2) is 9.67. The maximum absolute atomic E-state index is 13.2. The molecule has 1 aliphatic rings. The lowest BCUT2D eigenvalue weighted by Crippen LogP contribution is -2.44. The summed E-state index contributed by atoms with van der Waals surface area (Å²) in [4.78, 5) is 17.3. The number of thiophene rings is 1. The van der Waals surface area contributed by atoms with E-state index in [1.165, 1.54) is 6.07 Å². The molecule has 1 fully saturated rings. The number of aliphatic carboxylic acids is 1. The zero-order valence-electron chi connectivity index (χ0n) is 18.8. The van der Waals surface area contributed by atoms with Crippen molar-refractivity contribution in [2.45, 2.75) is 28.7 Å². The number of carbonyl (C=O) groups is 1. The number of carboxylic acids is 1. The van der Waals surface area contributed by atoms with Gasteiger partial charge in [-0.05, 0) is 60.0 Å². The van der Waals surface area contributed by atoms with Gasteiger partial charge in [0.05, 0.1) is 5.69 Å².